The normalized spacial score (nSPS) is 20.4. The summed E-state index contributed by atoms with van der Waals surface area (Å²) in [7, 11) is 0. The predicted octanol–water partition coefficient (Wildman–Crippen LogP) is 0.963. The fourth-order valence-electron chi connectivity index (χ4n) is 2.46. The molecule has 19 heavy (non-hydrogen) atoms. The molecular weight excluding hydrogens is 260 g/mol. The van der Waals surface area contributed by atoms with Crippen molar-refractivity contribution in [2.45, 2.75) is 38.3 Å². The number of piperidine rings is 1. The summed E-state index contributed by atoms with van der Waals surface area (Å²) in [6.45, 7) is 3.13. The Morgan fingerprint density at radius 1 is 1.58 bits per heavy atom. The van der Waals surface area contributed by atoms with Crippen molar-refractivity contribution >= 4 is 17.2 Å². The quantitative estimate of drug-likeness (QED) is 0.815. The summed E-state index contributed by atoms with van der Waals surface area (Å²) in [4.78, 5) is 18.3. The van der Waals surface area contributed by atoms with E-state index in [1.54, 1.807) is 11.3 Å². The number of nitrogens with two attached hydrogens (primary N) is 1. The van der Waals surface area contributed by atoms with Gasteiger partial charge < -0.3 is 11.1 Å². The monoisotopic (exact) mass is 282 g/mol. The fourth-order valence-corrected chi connectivity index (χ4v) is 3.10. The van der Waals surface area contributed by atoms with Gasteiger partial charge in [0.2, 0.25) is 5.91 Å². The third kappa shape index (κ3) is 4.56. The highest BCUT2D eigenvalue weighted by Crippen LogP contribution is 2.20. The second-order valence-corrected chi connectivity index (χ2v) is 5.87. The maximum atomic E-state index is 11.5. The van der Waals surface area contributed by atoms with Crippen molar-refractivity contribution in [3.63, 3.8) is 0 Å². The van der Waals surface area contributed by atoms with Crippen molar-refractivity contribution in [3.8, 4) is 0 Å². The van der Waals surface area contributed by atoms with Gasteiger partial charge in [0.05, 0.1) is 6.54 Å². The predicted molar refractivity (Wildman–Crippen MR) is 76.8 cm³/mol. The summed E-state index contributed by atoms with van der Waals surface area (Å²) >= 11 is 1.69. The standard InChI is InChI=1S/C13H22N4OS/c14-5-4-12(18)16-9-11-3-1-2-7-17(11)10-13-15-6-8-19-13/h6,8,11H,1-5,7,9-10,14H2,(H,16,18). The van der Waals surface area contributed by atoms with E-state index in [9.17, 15) is 4.79 Å². The zero-order valence-corrected chi connectivity index (χ0v) is 12.0. The number of nitrogens with zero attached hydrogens (tertiary/aromatic N) is 2. The van der Waals surface area contributed by atoms with Crippen LogP contribution in [0.5, 0.6) is 0 Å². The number of aromatic nitrogens is 1. The van der Waals surface area contributed by atoms with Gasteiger partial charge in [0.25, 0.3) is 0 Å². The van der Waals surface area contributed by atoms with Crippen LogP contribution in [0.1, 0.15) is 30.7 Å². The summed E-state index contributed by atoms with van der Waals surface area (Å²) in [5.41, 5.74) is 5.38. The molecule has 1 unspecified atom stereocenters. The number of rotatable bonds is 6. The Morgan fingerprint density at radius 2 is 2.47 bits per heavy atom. The lowest BCUT2D eigenvalue weighted by atomic mass is 10.0. The average Bonchev–Trinajstić information content (AvgIpc) is 2.91. The first-order valence-corrected chi connectivity index (χ1v) is 7.76. The van der Waals surface area contributed by atoms with Crippen molar-refractivity contribution in [1.82, 2.24) is 15.2 Å². The van der Waals surface area contributed by atoms with Crippen LogP contribution in [0.25, 0.3) is 0 Å². The van der Waals surface area contributed by atoms with E-state index >= 15 is 0 Å². The van der Waals surface area contributed by atoms with Crippen molar-refractivity contribution in [2.24, 2.45) is 5.73 Å². The molecular formula is C13H22N4OS. The van der Waals surface area contributed by atoms with Gasteiger partial charge >= 0.3 is 0 Å². The Kier molecular flexibility index (Phi) is 5.75. The van der Waals surface area contributed by atoms with Gasteiger partial charge in [0.1, 0.15) is 5.01 Å². The summed E-state index contributed by atoms with van der Waals surface area (Å²) in [5, 5.41) is 6.15. The van der Waals surface area contributed by atoms with Crippen molar-refractivity contribution in [3.05, 3.63) is 16.6 Å². The van der Waals surface area contributed by atoms with Crippen molar-refractivity contribution < 1.29 is 4.79 Å². The van der Waals surface area contributed by atoms with Crippen LogP contribution < -0.4 is 11.1 Å². The highest BCUT2D eigenvalue weighted by Gasteiger charge is 2.23. The molecule has 0 saturated carbocycles. The first kappa shape index (κ1) is 14.4. The minimum Gasteiger partial charge on any atom is -0.354 e. The van der Waals surface area contributed by atoms with E-state index in [-0.39, 0.29) is 5.91 Å². The maximum absolute atomic E-state index is 11.5. The van der Waals surface area contributed by atoms with Crippen LogP contribution in [0.4, 0.5) is 0 Å². The van der Waals surface area contributed by atoms with E-state index < -0.39 is 0 Å². The Morgan fingerprint density at radius 3 is 3.21 bits per heavy atom. The molecule has 1 atom stereocenters. The summed E-state index contributed by atoms with van der Waals surface area (Å²) in [6, 6.07) is 0.430. The third-order valence-electron chi connectivity index (χ3n) is 3.48. The second-order valence-electron chi connectivity index (χ2n) is 4.89. The SMILES string of the molecule is NCCC(=O)NCC1CCCCN1Cc1nccs1. The van der Waals surface area contributed by atoms with Gasteiger partial charge in [0, 0.05) is 37.1 Å². The van der Waals surface area contributed by atoms with Gasteiger partial charge in [-0.1, -0.05) is 6.42 Å². The Hall–Kier alpha value is -0.980. The molecule has 1 amide bonds. The number of hydrogen-bond acceptors (Lipinski definition) is 5. The van der Waals surface area contributed by atoms with E-state index in [0.29, 0.717) is 19.0 Å². The summed E-state index contributed by atoms with van der Waals surface area (Å²) in [6.07, 6.45) is 5.89. The van der Waals surface area contributed by atoms with Crippen molar-refractivity contribution in [1.29, 1.82) is 0 Å². The Bertz CT molecular complexity index is 382. The first-order valence-electron chi connectivity index (χ1n) is 6.89. The van der Waals surface area contributed by atoms with Gasteiger partial charge in [0.15, 0.2) is 0 Å². The van der Waals surface area contributed by atoms with Crippen LogP contribution in [-0.2, 0) is 11.3 Å². The molecule has 3 N–H and O–H groups in total. The molecule has 0 aliphatic carbocycles. The number of amides is 1. The van der Waals surface area contributed by atoms with Crippen LogP contribution in [-0.4, -0.2) is 41.5 Å². The summed E-state index contributed by atoms with van der Waals surface area (Å²) in [5.74, 6) is 0.0577. The average molecular weight is 282 g/mol. The molecule has 1 aliphatic heterocycles. The molecule has 0 spiro atoms. The zero-order valence-electron chi connectivity index (χ0n) is 11.2. The van der Waals surface area contributed by atoms with Crippen LogP contribution >= 0.6 is 11.3 Å². The lowest BCUT2D eigenvalue weighted by molar-refractivity contribution is -0.121. The minimum atomic E-state index is 0.0577. The molecule has 1 saturated heterocycles. The molecule has 1 fully saturated rings. The fraction of sp³-hybridized carbons (Fsp3) is 0.692. The smallest absolute Gasteiger partial charge is 0.221 e. The van der Waals surface area contributed by atoms with E-state index in [0.717, 1.165) is 31.1 Å². The molecule has 0 bridgehead atoms. The minimum absolute atomic E-state index is 0.0577. The molecule has 6 heteroatoms. The van der Waals surface area contributed by atoms with E-state index in [1.807, 2.05) is 11.6 Å². The summed E-state index contributed by atoms with van der Waals surface area (Å²) < 4.78 is 0. The third-order valence-corrected chi connectivity index (χ3v) is 4.24. The highest BCUT2D eigenvalue weighted by molar-refractivity contribution is 7.09. The number of carbonyl (C=O) groups is 1. The molecule has 0 radical (unpaired) electrons. The van der Waals surface area contributed by atoms with E-state index in [2.05, 4.69) is 15.2 Å². The van der Waals surface area contributed by atoms with E-state index in [1.165, 1.54) is 12.8 Å². The lowest BCUT2D eigenvalue weighted by Crippen LogP contribution is -2.46. The van der Waals surface area contributed by atoms with Crippen LogP contribution in [0.15, 0.2) is 11.6 Å². The molecule has 2 rings (SSSR count). The lowest BCUT2D eigenvalue weighted by Gasteiger charge is -2.35. The molecule has 2 heterocycles. The number of nitrogens with one attached hydrogen (secondary N) is 1. The van der Waals surface area contributed by atoms with Crippen LogP contribution in [0.2, 0.25) is 0 Å². The molecule has 1 aliphatic rings. The number of hydrogen-bond donors (Lipinski definition) is 2. The molecule has 1 aromatic heterocycles. The molecule has 1 aromatic rings. The number of carbonyl (C=O) groups excluding carboxylic acids is 1. The van der Waals surface area contributed by atoms with Crippen molar-refractivity contribution in [2.75, 3.05) is 19.6 Å². The molecule has 5 nitrogen and oxygen atoms in total. The van der Waals surface area contributed by atoms with Gasteiger partial charge in [-0.3, -0.25) is 9.69 Å². The van der Waals surface area contributed by atoms with Crippen LogP contribution in [0.3, 0.4) is 0 Å². The molecule has 106 valence electrons. The van der Waals surface area contributed by atoms with Gasteiger partial charge in [-0.15, -0.1) is 11.3 Å². The largest absolute Gasteiger partial charge is 0.354 e. The van der Waals surface area contributed by atoms with Gasteiger partial charge in [-0.05, 0) is 19.4 Å². The second kappa shape index (κ2) is 7.57. The topological polar surface area (TPSA) is 71.2 Å². The first-order chi connectivity index (χ1) is 9.29. The van der Waals surface area contributed by atoms with Gasteiger partial charge in [-0.25, -0.2) is 4.98 Å². The zero-order chi connectivity index (χ0) is 13.5. The van der Waals surface area contributed by atoms with E-state index in [4.69, 9.17) is 5.73 Å². The highest BCUT2D eigenvalue weighted by atomic mass is 32.1. The van der Waals surface area contributed by atoms with Gasteiger partial charge in [-0.2, -0.15) is 0 Å². The van der Waals surface area contributed by atoms with Crippen LogP contribution in [0, 0.1) is 0 Å². The Labute approximate surface area is 118 Å². The maximum Gasteiger partial charge on any atom is 0.221 e. The Balaban J connectivity index is 1.83. The number of thiazole rings is 1. The molecule has 0 aromatic carbocycles. The number of likely N-dealkylation sites (tertiary alicyclic amines) is 1.